The van der Waals surface area contributed by atoms with E-state index in [1.54, 1.807) is 19.8 Å². The Hall–Kier alpha value is -1.26. The van der Waals surface area contributed by atoms with E-state index in [9.17, 15) is 0 Å². The molecule has 31 heavy (non-hydrogen) atoms. The lowest BCUT2D eigenvalue weighted by molar-refractivity contribution is 0.213. The molecule has 1 aliphatic carbocycles. The predicted molar refractivity (Wildman–Crippen MR) is 135 cm³/mol. The Morgan fingerprint density at radius 1 is 1.10 bits per heavy atom. The van der Waals surface area contributed by atoms with Gasteiger partial charge in [0.15, 0.2) is 8.32 Å². The van der Waals surface area contributed by atoms with Crippen molar-refractivity contribution in [3.63, 3.8) is 0 Å². The Labute approximate surface area is 192 Å². The highest BCUT2D eigenvalue weighted by molar-refractivity contribution is 6.74. The van der Waals surface area contributed by atoms with E-state index in [1.807, 2.05) is 12.1 Å². The van der Waals surface area contributed by atoms with Crippen LogP contribution in [0.3, 0.4) is 0 Å². The average Bonchev–Trinajstić information content (AvgIpc) is 2.70. The van der Waals surface area contributed by atoms with Gasteiger partial charge in [-0.25, -0.2) is 0 Å². The fourth-order valence-corrected chi connectivity index (χ4v) is 5.52. The fraction of sp³-hybridized carbons (Fsp3) is 0.704. The van der Waals surface area contributed by atoms with E-state index in [1.165, 1.54) is 24.8 Å². The van der Waals surface area contributed by atoms with E-state index in [4.69, 9.17) is 13.9 Å². The molecule has 0 saturated carbocycles. The predicted octanol–water partition coefficient (Wildman–Crippen LogP) is 7.80. The number of methoxy groups -OCH3 is 2. The standard InChI is InChI=1S/C27H46O3Si/c1-21-13-12-15-23(14-10-11-18-30-31(8,9)26(2,3)4)27(21,5)20-22-19-24(28-6)16-17-25(22)29-7/h15-17,19,21H,10-14,18,20H2,1-9H3/t21-,27+/m1/s1. The summed E-state index contributed by atoms with van der Waals surface area (Å²) in [5.74, 6) is 2.50. The minimum absolute atomic E-state index is 0.151. The molecule has 0 fully saturated rings. The third-order valence-corrected chi connectivity index (χ3v) is 12.5. The van der Waals surface area contributed by atoms with Gasteiger partial charge in [0.05, 0.1) is 14.2 Å². The molecule has 0 unspecified atom stereocenters. The van der Waals surface area contributed by atoms with Crippen LogP contribution in [0.25, 0.3) is 0 Å². The summed E-state index contributed by atoms with van der Waals surface area (Å²) < 4.78 is 17.6. The second-order valence-electron chi connectivity index (χ2n) is 11.0. The lowest BCUT2D eigenvalue weighted by Crippen LogP contribution is -2.41. The summed E-state index contributed by atoms with van der Waals surface area (Å²) in [7, 11) is 1.85. The zero-order chi connectivity index (χ0) is 23.3. The highest BCUT2D eigenvalue weighted by atomic mass is 28.4. The van der Waals surface area contributed by atoms with E-state index in [2.05, 4.69) is 59.9 Å². The first-order valence-corrected chi connectivity index (χ1v) is 14.9. The van der Waals surface area contributed by atoms with Gasteiger partial charge in [-0.3, -0.25) is 0 Å². The summed E-state index contributed by atoms with van der Waals surface area (Å²) in [5.41, 5.74) is 3.01. The normalized spacial score (nSPS) is 22.2. The van der Waals surface area contributed by atoms with Crippen molar-refractivity contribution in [2.45, 2.75) is 91.3 Å². The van der Waals surface area contributed by atoms with Gasteiger partial charge in [0.2, 0.25) is 0 Å². The van der Waals surface area contributed by atoms with Crippen molar-refractivity contribution in [2.24, 2.45) is 11.3 Å². The molecular formula is C27H46O3Si. The molecule has 0 amide bonds. The third-order valence-electron chi connectivity index (χ3n) is 7.97. The highest BCUT2D eigenvalue weighted by Gasteiger charge is 2.38. The van der Waals surface area contributed by atoms with Gasteiger partial charge < -0.3 is 13.9 Å². The molecule has 0 saturated heterocycles. The van der Waals surface area contributed by atoms with Gasteiger partial charge >= 0.3 is 0 Å². The molecule has 176 valence electrons. The van der Waals surface area contributed by atoms with Crippen LogP contribution in [0.1, 0.15) is 72.3 Å². The van der Waals surface area contributed by atoms with Crippen LogP contribution < -0.4 is 9.47 Å². The Bertz CT molecular complexity index is 747. The molecule has 1 aromatic carbocycles. The van der Waals surface area contributed by atoms with Gasteiger partial charge in [-0.05, 0) is 91.8 Å². The molecular weight excluding hydrogens is 400 g/mol. The maximum absolute atomic E-state index is 6.40. The van der Waals surface area contributed by atoms with Crippen molar-refractivity contribution in [1.82, 2.24) is 0 Å². The van der Waals surface area contributed by atoms with Crippen molar-refractivity contribution in [1.29, 1.82) is 0 Å². The van der Waals surface area contributed by atoms with E-state index in [0.29, 0.717) is 5.92 Å². The lowest BCUT2D eigenvalue weighted by Gasteiger charge is -2.42. The Balaban J connectivity index is 2.05. The van der Waals surface area contributed by atoms with Crippen molar-refractivity contribution in [2.75, 3.05) is 20.8 Å². The second-order valence-corrected chi connectivity index (χ2v) is 15.9. The number of ether oxygens (including phenoxy) is 2. The van der Waals surface area contributed by atoms with Crippen LogP contribution in [-0.4, -0.2) is 29.1 Å². The summed E-state index contributed by atoms with van der Waals surface area (Å²) in [6, 6.07) is 6.16. The van der Waals surface area contributed by atoms with Crippen LogP contribution in [0.2, 0.25) is 18.1 Å². The maximum Gasteiger partial charge on any atom is 0.191 e. The molecule has 0 N–H and O–H groups in total. The fourth-order valence-electron chi connectivity index (χ4n) is 4.43. The van der Waals surface area contributed by atoms with Crippen LogP contribution in [-0.2, 0) is 10.8 Å². The highest BCUT2D eigenvalue weighted by Crippen LogP contribution is 2.47. The van der Waals surface area contributed by atoms with Crippen LogP contribution in [0.15, 0.2) is 29.8 Å². The molecule has 2 atom stereocenters. The van der Waals surface area contributed by atoms with Gasteiger partial charge in [0, 0.05) is 6.61 Å². The molecule has 0 aliphatic heterocycles. The third kappa shape index (κ3) is 6.38. The number of hydrogen-bond donors (Lipinski definition) is 0. The van der Waals surface area contributed by atoms with Crippen molar-refractivity contribution < 1.29 is 13.9 Å². The number of unbranched alkanes of at least 4 members (excludes halogenated alkanes) is 1. The minimum Gasteiger partial charge on any atom is -0.497 e. The first-order valence-electron chi connectivity index (χ1n) is 12.0. The zero-order valence-corrected chi connectivity index (χ0v) is 22.6. The summed E-state index contributed by atoms with van der Waals surface area (Å²) in [6.07, 6.45) is 9.44. The SMILES string of the molecule is COc1ccc(OC)c(C[C@]2(C)C(CCCCO[Si](C)(C)C(C)(C)C)=CCC[C@H]2C)c1. The molecule has 0 radical (unpaired) electrons. The molecule has 1 aromatic rings. The minimum atomic E-state index is -1.64. The quantitative estimate of drug-likeness (QED) is 0.208. The van der Waals surface area contributed by atoms with Crippen LogP contribution in [0.4, 0.5) is 0 Å². The molecule has 0 bridgehead atoms. The summed E-state index contributed by atoms with van der Waals surface area (Å²) in [6.45, 7) is 17.4. The average molecular weight is 447 g/mol. The summed E-state index contributed by atoms with van der Waals surface area (Å²) in [5, 5.41) is 0.280. The summed E-state index contributed by atoms with van der Waals surface area (Å²) in [4.78, 5) is 0. The maximum atomic E-state index is 6.40. The number of rotatable bonds is 10. The molecule has 0 spiro atoms. The van der Waals surface area contributed by atoms with Crippen molar-refractivity contribution >= 4 is 8.32 Å². The zero-order valence-electron chi connectivity index (χ0n) is 21.6. The smallest absolute Gasteiger partial charge is 0.191 e. The van der Waals surface area contributed by atoms with Gasteiger partial charge in [-0.2, -0.15) is 0 Å². The number of allylic oxidation sites excluding steroid dienone is 2. The molecule has 1 aliphatic rings. The van der Waals surface area contributed by atoms with Crippen molar-refractivity contribution in [3.05, 3.63) is 35.4 Å². The molecule has 0 heterocycles. The largest absolute Gasteiger partial charge is 0.497 e. The molecule has 0 aromatic heterocycles. The van der Waals surface area contributed by atoms with E-state index < -0.39 is 8.32 Å². The first-order chi connectivity index (χ1) is 14.4. The molecule has 3 nitrogen and oxygen atoms in total. The Morgan fingerprint density at radius 3 is 2.42 bits per heavy atom. The topological polar surface area (TPSA) is 27.7 Å². The van der Waals surface area contributed by atoms with Crippen LogP contribution in [0, 0.1) is 11.3 Å². The second kappa shape index (κ2) is 10.6. The van der Waals surface area contributed by atoms with Gasteiger partial charge in [0.25, 0.3) is 0 Å². The summed E-state index contributed by atoms with van der Waals surface area (Å²) >= 11 is 0. The lowest BCUT2D eigenvalue weighted by atomic mass is 9.63. The van der Waals surface area contributed by atoms with E-state index in [-0.39, 0.29) is 10.5 Å². The van der Waals surface area contributed by atoms with Gasteiger partial charge in [-0.15, -0.1) is 0 Å². The van der Waals surface area contributed by atoms with Gasteiger partial charge in [-0.1, -0.05) is 46.3 Å². The number of benzene rings is 1. The van der Waals surface area contributed by atoms with Crippen LogP contribution in [0.5, 0.6) is 11.5 Å². The van der Waals surface area contributed by atoms with Crippen LogP contribution >= 0.6 is 0 Å². The van der Waals surface area contributed by atoms with E-state index >= 15 is 0 Å². The van der Waals surface area contributed by atoms with Crippen molar-refractivity contribution in [3.8, 4) is 11.5 Å². The Kier molecular flexibility index (Phi) is 8.86. The molecule has 2 rings (SSSR count). The monoisotopic (exact) mass is 446 g/mol. The Morgan fingerprint density at radius 2 is 1.81 bits per heavy atom. The van der Waals surface area contributed by atoms with E-state index in [0.717, 1.165) is 37.4 Å². The molecule has 4 heteroatoms. The first kappa shape index (κ1) is 26.0. The number of hydrogen-bond acceptors (Lipinski definition) is 3. The van der Waals surface area contributed by atoms with Gasteiger partial charge in [0.1, 0.15) is 11.5 Å².